The second-order valence-electron chi connectivity index (χ2n) is 4.48. The summed E-state index contributed by atoms with van der Waals surface area (Å²) in [6.07, 6.45) is 0.0640. The molecule has 0 aliphatic heterocycles. The molecule has 6 nitrogen and oxygen atoms in total. The van der Waals surface area contributed by atoms with Crippen molar-refractivity contribution < 1.29 is 14.6 Å². The minimum atomic E-state index is -1.24. The highest BCUT2D eigenvalue weighted by Crippen LogP contribution is 2.19. The summed E-state index contributed by atoms with van der Waals surface area (Å²) < 4.78 is 5.50. The third kappa shape index (κ3) is 3.23. The largest absolute Gasteiger partial charge is 0.491 e. The summed E-state index contributed by atoms with van der Waals surface area (Å²) >= 11 is 0. The van der Waals surface area contributed by atoms with Crippen molar-refractivity contribution in [2.45, 2.75) is 20.0 Å². The van der Waals surface area contributed by atoms with Gasteiger partial charge in [-0.2, -0.15) is 0 Å². The number of H-pyrrole nitrogens is 1. The van der Waals surface area contributed by atoms with E-state index in [-0.39, 0.29) is 17.6 Å². The minimum Gasteiger partial charge on any atom is -0.491 e. The van der Waals surface area contributed by atoms with Gasteiger partial charge in [0.05, 0.1) is 6.10 Å². The van der Waals surface area contributed by atoms with E-state index in [1.807, 2.05) is 13.8 Å². The number of ether oxygens (including phenoxy) is 1. The molecule has 6 heteroatoms. The Labute approximate surface area is 115 Å². The van der Waals surface area contributed by atoms with Gasteiger partial charge in [0.2, 0.25) is 0 Å². The van der Waals surface area contributed by atoms with E-state index in [9.17, 15) is 9.59 Å². The molecule has 0 spiro atoms. The van der Waals surface area contributed by atoms with Crippen LogP contribution < -0.4 is 10.3 Å². The van der Waals surface area contributed by atoms with Crippen LogP contribution in [0.15, 0.2) is 35.1 Å². The van der Waals surface area contributed by atoms with Crippen LogP contribution in [-0.4, -0.2) is 27.1 Å². The van der Waals surface area contributed by atoms with Crippen LogP contribution in [0.25, 0.3) is 11.4 Å². The number of carbonyl (C=O) groups is 1. The molecule has 2 rings (SSSR count). The Morgan fingerprint density at radius 1 is 1.30 bits per heavy atom. The predicted octanol–water partition coefficient (Wildman–Crippen LogP) is 1.92. The van der Waals surface area contributed by atoms with Crippen LogP contribution in [-0.2, 0) is 0 Å². The topological polar surface area (TPSA) is 92.3 Å². The lowest BCUT2D eigenvalue weighted by Crippen LogP contribution is -2.13. The van der Waals surface area contributed by atoms with Gasteiger partial charge in [0.15, 0.2) is 5.69 Å². The van der Waals surface area contributed by atoms with Crippen molar-refractivity contribution in [1.29, 1.82) is 0 Å². The molecule has 1 aromatic heterocycles. The minimum absolute atomic E-state index is 0.0640. The number of aromatic amines is 1. The van der Waals surface area contributed by atoms with Gasteiger partial charge in [-0.05, 0) is 38.1 Å². The molecule has 0 saturated carbocycles. The average molecular weight is 274 g/mol. The maximum absolute atomic E-state index is 11.4. The van der Waals surface area contributed by atoms with E-state index in [1.165, 1.54) is 0 Å². The lowest BCUT2D eigenvalue weighted by molar-refractivity contribution is 0.0690. The fourth-order valence-electron chi connectivity index (χ4n) is 1.67. The molecular weight excluding hydrogens is 260 g/mol. The first-order chi connectivity index (χ1) is 9.45. The van der Waals surface area contributed by atoms with Crippen LogP contribution in [0.3, 0.4) is 0 Å². The summed E-state index contributed by atoms with van der Waals surface area (Å²) in [5.74, 6) is -0.330. The summed E-state index contributed by atoms with van der Waals surface area (Å²) in [5.41, 5.74) is -0.178. The van der Waals surface area contributed by atoms with Crippen LogP contribution in [0.2, 0.25) is 0 Å². The van der Waals surface area contributed by atoms with Crippen molar-refractivity contribution in [2.24, 2.45) is 0 Å². The third-order valence-electron chi connectivity index (χ3n) is 2.46. The standard InChI is InChI=1S/C14H14N2O4/c1-8(2)20-10-5-3-9(4-6-10)13-15-11(14(18)19)7-12(17)16-13/h3-8H,1-2H3,(H,18,19)(H,15,16,17). The fourth-order valence-corrected chi connectivity index (χ4v) is 1.67. The van der Waals surface area contributed by atoms with E-state index >= 15 is 0 Å². The lowest BCUT2D eigenvalue weighted by atomic mass is 10.2. The molecule has 1 aromatic carbocycles. The Morgan fingerprint density at radius 2 is 1.95 bits per heavy atom. The molecule has 0 fully saturated rings. The number of hydrogen-bond acceptors (Lipinski definition) is 4. The molecule has 0 radical (unpaired) electrons. The van der Waals surface area contributed by atoms with Gasteiger partial charge in [-0.15, -0.1) is 0 Å². The number of aromatic carboxylic acids is 1. The lowest BCUT2D eigenvalue weighted by Gasteiger charge is -2.09. The highest BCUT2D eigenvalue weighted by atomic mass is 16.5. The third-order valence-corrected chi connectivity index (χ3v) is 2.46. The Hall–Kier alpha value is -2.63. The van der Waals surface area contributed by atoms with Crippen molar-refractivity contribution in [3.8, 4) is 17.1 Å². The molecule has 2 aromatic rings. The van der Waals surface area contributed by atoms with E-state index in [1.54, 1.807) is 24.3 Å². The molecule has 1 heterocycles. The number of nitrogens with zero attached hydrogens (tertiary/aromatic N) is 1. The summed E-state index contributed by atoms with van der Waals surface area (Å²) in [5, 5.41) is 8.89. The smallest absolute Gasteiger partial charge is 0.354 e. The first-order valence-electron chi connectivity index (χ1n) is 6.07. The number of hydrogen-bond donors (Lipinski definition) is 2. The number of benzene rings is 1. The zero-order valence-electron chi connectivity index (χ0n) is 11.1. The second kappa shape index (κ2) is 5.56. The summed E-state index contributed by atoms with van der Waals surface area (Å²) in [4.78, 5) is 28.7. The zero-order chi connectivity index (χ0) is 14.7. The van der Waals surface area contributed by atoms with E-state index in [2.05, 4.69) is 9.97 Å². The number of rotatable bonds is 4. The molecule has 0 aliphatic rings. The van der Waals surface area contributed by atoms with E-state index in [4.69, 9.17) is 9.84 Å². The molecule has 0 saturated heterocycles. The molecule has 20 heavy (non-hydrogen) atoms. The van der Waals surface area contributed by atoms with Crippen molar-refractivity contribution in [2.75, 3.05) is 0 Å². The normalized spacial score (nSPS) is 10.6. The van der Waals surface area contributed by atoms with E-state index < -0.39 is 11.5 Å². The van der Waals surface area contributed by atoms with Crippen molar-refractivity contribution in [1.82, 2.24) is 9.97 Å². The zero-order valence-corrected chi connectivity index (χ0v) is 11.1. The van der Waals surface area contributed by atoms with Gasteiger partial charge in [0.1, 0.15) is 11.6 Å². The Balaban J connectivity index is 2.36. The monoisotopic (exact) mass is 274 g/mol. The number of carboxylic acid groups (broad SMARTS) is 1. The summed E-state index contributed by atoms with van der Waals surface area (Å²) in [6, 6.07) is 7.84. The van der Waals surface area contributed by atoms with Gasteiger partial charge in [0.25, 0.3) is 5.56 Å². The maximum Gasteiger partial charge on any atom is 0.354 e. The van der Waals surface area contributed by atoms with Crippen LogP contribution in [0.5, 0.6) is 5.75 Å². The van der Waals surface area contributed by atoms with Crippen LogP contribution in [0.4, 0.5) is 0 Å². The molecule has 0 bridgehead atoms. The van der Waals surface area contributed by atoms with Crippen molar-refractivity contribution >= 4 is 5.97 Å². The summed E-state index contributed by atoms with van der Waals surface area (Å²) in [6.45, 7) is 3.84. The Kier molecular flexibility index (Phi) is 3.84. The molecule has 0 aliphatic carbocycles. The molecule has 0 amide bonds. The predicted molar refractivity (Wildman–Crippen MR) is 73.0 cm³/mol. The second-order valence-corrected chi connectivity index (χ2v) is 4.48. The summed E-state index contributed by atoms with van der Waals surface area (Å²) in [7, 11) is 0. The number of nitrogens with one attached hydrogen (secondary N) is 1. The average Bonchev–Trinajstić information content (AvgIpc) is 2.38. The van der Waals surface area contributed by atoms with Gasteiger partial charge in [0, 0.05) is 11.6 Å². The first kappa shape index (κ1) is 13.8. The molecule has 0 atom stereocenters. The van der Waals surface area contributed by atoms with Crippen LogP contribution >= 0.6 is 0 Å². The highest BCUT2D eigenvalue weighted by molar-refractivity contribution is 5.85. The van der Waals surface area contributed by atoms with Gasteiger partial charge in [-0.25, -0.2) is 9.78 Å². The van der Waals surface area contributed by atoms with Gasteiger partial charge in [-0.1, -0.05) is 0 Å². The molecule has 2 N–H and O–H groups in total. The number of aromatic nitrogens is 2. The number of carboxylic acids is 1. The van der Waals surface area contributed by atoms with Gasteiger partial charge in [-0.3, -0.25) is 4.79 Å². The quantitative estimate of drug-likeness (QED) is 0.888. The maximum atomic E-state index is 11.4. The van der Waals surface area contributed by atoms with Crippen LogP contribution in [0.1, 0.15) is 24.3 Å². The highest BCUT2D eigenvalue weighted by Gasteiger charge is 2.09. The molecule has 0 unspecified atom stereocenters. The molecule has 104 valence electrons. The molecular formula is C14H14N2O4. The van der Waals surface area contributed by atoms with E-state index in [0.717, 1.165) is 6.07 Å². The first-order valence-corrected chi connectivity index (χ1v) is 6.07. The Morgan fingerprint density at radius 3 is 2.50 bits per heavy atom. The fraction of sp³-hybridized carbons (Fsp3) is 0.214. The van der Waals surface area contributed by atoms with Gasteiger partial charge < -0.3 is 14.8 Å². The van der Waals surface area contributed by atoms with Crippen molar-refractivity contribution in [3.05, 3.63) is 46.4 Å². The van der Waals surface area contributed by atoms with Crippen LogP contribution in [0, 0.1) is 0 Å². The SMILES string of the molecule is CC(C)Oc1ccc(-c2nc(C(=O)O)cc(=O)[nH]2)cc1. The van der Waals surface area contributed by atoms with E-state index in [0.29, 0.717) is 11.3 Å². The van der Waals surface area contributed by atoms with Gasteiger partial charge >= 0.3 is 5.97 Å². The Bertz CT molecular complexity index is 674. The van der Waals surface area contributed by atoms with Crippen molar-refractivity contribution in [3.63, 3.8) is 0 Å².